The van der Waals surface area contributed by atoms with Crippen molar-refractivity contribution in [3.8, 4) is 0 Å². The third kappa shape index (κ3) is 7.97. The molecule has 0 unspecified atom stereocenters. The lowest BCUT2D eigenvalue weighted by atomic mass is 10.4. The van der Waals surface area contributed by atoms with Crippen molar-refractivity contribution < 1.29 is 23.8 Å². The minimum absolute atomic E-state index is 0.285. The van der Waals surface area contributed by atoms with E-state index in [1.165, 1.54) is 7.11 Å². The van der Waals surface area contributed by atoms with Crippen LogP contribution in [0.3, 0.4) is 0 Å². The zero-order chi connectivity index (χ0) is 8.91. The van der Waals surface area contributed by atoms with Gasteiger partial charge in [-0.25, -0.2) is 0 Å². The second-order valence-electron chi connectivity index (χ2n) is 2.23. The quantitative estimate of drug-likeness (QED) is 0.596. The van der Waals surface area contributed by atoms with Gasteiger partial charge in [-0.3, -0.25) is 4.57 Å². The summed E-state index contributed by atoms with van der Waals surface area (Å²) >= 11 is 0. The first kappa shape index (κ1) is 11.1. The highest BCUT2D eigenvalue weighted by Crippen LogP contribution is 2.34. The summed E-state index contributed by atoms with van der Waals surface area (Å²) in [5.41, 5.74) is 0. The lowest BCUT2D eigenvalue weighted by Gasteiger charge is -2.11. The van der Waals surface area contributed by atoms with Gasteiger partial charge in [-0.05, 0) is 6.92 Å². The number of methoxy groups -OCH3 is 1. The van der Waals surface area contributed by atoms with Crippen molar-refractivity contribution in [2.75, 3.05) is 20.1 Å². The first-order valence-electron chi connectivity index (χ1n) is 3.11. The molecule has 0 saturated carbocycles. The van der Waals surface area contributed by atoms with Gasteiger partial charge in [0, 0.05) is 7.11 Å². The molecule has 0 spiro atoms. The molecule has 0 aliphatic heterocycles. The summed E-state index contributed by atoms with van der Waals surface area (Å²) in [4.78, 5) is 16.8. The Balaban J connectivity index is 3.46. The highest BCUT2D eigenvalue weighted by Gasteiger charge is 2.14. The van der Waals surface area contributed by atoms with Gasteiger partial charge in [0.15, 0.2) is 0 Å². The van der Waals surface area contributed by atoms with Crippen LogP contribution in [0, 0.1) is 0 Å². The fraction of sp³-hybridized carbons (Fsp3) is 1.00. The number of hydrogen-bond donors (Lipinski definition) is 2. The van der Waals surface area contributed by atoms with Crippen molar-refractivity contribution in [2.24, 2.45) is 0 Å². The topological polar surface area (TPSA) is 76.0 Å². The van der Waals surface area contributed by atoms with E-state index in [0.717, 1.165) is 0 Å². The van der Waals surface area contributed by atoms with E-state index in [2.05, 4.69) is 0 Å². The van der Waals surface area contributed by atoms with Crippen LogP contribution in [0.4, 0.5) is 0 Å². The van der Waals surface area contributed by atoms with Crippen LogP contribution in [0.25, 0.3) is 0 Å². The SMILES string of the molecule is COC[C@H](C)OCP(=O)(O)O. The largest absolute Gasteiger partial charge is 0.382 e. The van der Waals surface area contributed by atoms with Gasteiger partial charge in [0.25, 0.3) is 0 Å². The molecule has 0 saturated heterocycles. The molecule has 5 nitrogen and oxygen atoms in total. The monoisotopic (exact) mass is 184 g/mol. The molecule has 0 bridgehead atoms. The van der Waals surface area contributed by atoms with Gasteiger partial charge < -0.3 is 19.3 Å². The summed E-state index contributed by atoms with van der Waals surface area (Å²) in [6, 6.07) is 0. The van der Waals surface area contributed by atoms with Crippen LogP contribution in [0.15, 0.2) is 0 Å². The van der Waals surface area contributed by atoms with Gasteiger partial charge in [-0.2, -0.15) is 0 Å². The standard InChI is InChI=1S/C5H13O5P/c1-5(3-9-2)10-4-11(6,7)8/h5H,3-4H2,1-2H3,(H2,6,7,8)/t5-/m0/s1. The molecule has 0 fully saturated rings. The van der Waals surface area contributed by atoms with E-state index in [1.807, 2.05) is 0 Å². The fourth-order valence-electron chi connectivity index (χ4n) is 0.507. The Hall–Kier alpha value is 0.0700. The van der Waals surface area contributed by atoms with Crippen LogP contribution in [0.5, 0.6) is 0 Å². The van der Waals surface area contributed by atoms with Crippen LogP contribution < -0.4 is 0 Å². The summed E-state index contributed by atoms with van der Waals surface area (Å²) in [5, 5.41) is 0. The predicted octanol–water partition coefficient (Wildman–Crippen LogP) is 0.173. The molecule has 0 rings (SSSR count). The Morgan fingerprint density at radius 2 is 2.09 bits per heavy atom. The van der Waals surface area contributed by atoms with E-state index in [4.69, 9.17) is 19.3 Å². The second-order valence-corrected chi connectivity index (χ2v) is 3.81. The zero-order valence-corrected chi connectivity index (χ0v) is 7.45. The first-order chi connectivity index (χ1) is 4.95. The smallest absolute Gasteiger partial charge is 0.350 e. The van der Waals surface area contributed by atoms with Crippen molar-refractivity contribution in [1.82, 2.24) is 0 Å². The maximum Gasteiger partial charge on any atom is 0.350 e. The summed E-state index contributed by atoms with van der Waals surface area (Å²) in [7, 11) is -2.52. The average molecular weight is 184 g/mol. The minimum Gasteiger partial charge on any atom is -0.382 e. The second kappa shape index (κ2) is 4.85. The van der Waals surface area contributed by atoms with Gasteiger partial charge in [0.2, 0.25) is 0 Å². The van der Waals surface area contributed by atoms with E-state index in [-0.39, 0.29) is 6.10 Å². The lowest BCUT2D eigenvalue weighted by Crippen LogP contribution is -2.15. The van der Waals surface area contributed by atoms with Crippen molar-refractivity contribution >= 4 is 7.60 Å². The molecule has 0 radical (unpaired) electrons. The number of ether oxygens (including phenoxy) is 2. The van der Waals surface area contributed by atoms with Crippen LogP contribution in [-0.4, -0.2) is 36.0 Å². The van der Waals surface area contributed by atoms with Crippen LogP contribution >= 0.6 is 7.60 Å². The molecule has 6 heteroatoms. The highest BCUT2D eigenvalue weighted by atomic mass is 31.2. The summed E-state index contributed by atoms with van der Waals surface area (Å²) in [6.45, 7) is 2.01. The molecule has 1 atom stereocenters. The van der Waals surface area contributed by atoms with E-state index in [0.29, 0.717) is 6.61 Å². The van der Waals surface area contributed by atoms with E-state index in [1.54, 1.807) is 6.92 Å². The normalized spacial score (nSPS) is 14.9. The Bertz CT molecular complexity index is 142. The number of hydrogen-bond acceptors (Lipinski definition) is 3. The lowest BCUT2D eigenvalue weighted by molar-refractivity contribution is 0.0244. The molecule has 0 aliphatic carbocycles. The molecular formula is C5H13O5P. The molecule has 68 valence electrons. The predicted molar refractivity (Wildman–Crippen MR) is 39.3 cm³/mol. The summed E-state index contributed by atoms with van der Waals surface area (Å²) in [5.74, 6) is 0. The van der Waals surface area contributed by atoms with Gasteiger partial charge in [-0.1, -0.05) is 0 Å². The van der Waals surface area contributed by atoms with Crippen molar-refractivity contribution in [3.63, 3.8) is 0 Å². The van der Waals surface area contributed by atoms with Crippen molar-refractivity contribution in [2.45, 2.75) is 13.0 Å². The zero-order valence-electron chi connectivity index (χ0n) is 6.56. The number of rotatable bonds is 5. The molecule has 0 aromatic heterocycles. The molecular weight excluding hydrogens is 171 g/mol. The van der Waals surface area contributed by atoms with Gasteiger partial charge >= 0.3 is 7.60 Å². The third-order valence-electron chi connectivity index (χ3n) is 0.929. The maximum atomic E-state index is 10.3. The van der Waals surface area contributed by atoms with Gasteiger partial charge in [0.1, 0.15) is 6.35 Å². The molecule has 0 aliphatic rings. The molecule has 0 aromatic carbocycles. The van der Waals surface area contributed by atoms with E-state index < -0.39 is 13.9 Å². The van der Waals surface area contributed by atoms with Gasteiger partial charge in [-0.15, -0.1) is 0 Å². The van der Waals surface area contributed by atoms with Crippen LogP contribution in [-0.2, 0) is 14.0 Å². The van der Waals surface area contributed by atoms with E-state index >= 15 is 0 Å². The highest BCUT2D eigenvalue weighted by molar-refractivity contribution is 7.51. The third-order valence-corrected chi connectivity index (χ3v) is 1.41. The molecule has 11 heavy (non-hydrogen) atoms. The Morgan fingerprint density at radius 1 is 1.55 bits per heavy atom. The molecule has 0 heterocycles. The first-order valence-corrected chi connectivity index (χ1v) is 4.90. The fourth-order valence-corrected chi connectivity index (χ4v) is 0.956. The minimum atomic E-state index is -4.02. The maximum absolute atomic E-state index is 10.3. The molecule has 2 N–H and O–H groups in total. The summed E-state index contributed by atoms with van der Waals surface area (Å²) in [6.07, 6.45) is -0.829. The van der Waals surface area contributed by atoms with Gasteiger partial charge in [0.05, 0.1) is 12.7 Å². The Labute approximate surface area is 65.5 Å². The van der Waals surface area contributed by atoms with Crippen LogP contribution in [0.1, 0.15) is 6.92 Å². The Kier molecular flexibility index (Phi) is 4.88. The van der Waals surface area contributed by atoms with Crippen LogP contribution in [0.2, 0.25) is 0 Å². The molecule has 0 aromatic rings. The van der Waals surface area contributed by atoms with E-state index in [9.17, 15) is 4.57 Å². The molecule has 0 amide bonds. The van der Waals surface area contributed by atoms with Crippen molar-refractivity contribution in [1.29, 1.82) is 0 Å². The Morgan fingerprint density at radius 3 is 2.45 bits per heavy atom. The summed E-state index contributed by atoms with van der Waals surface area (Å²) < 4.78 is 19.7. The van der Waals surface area contributed by atoms with Crippen molar-refractivity contribution in [3.05, 3.63) is 0 Å². The average Bonchev–Trinajstić information content (AvgIpc) is 1.83.